The van der Waals surface area contributed by atoms with E-state index in [2.05, 4.69) is 4.52 Å². The van der Waals surface area contributed by atoms with Gasteiger partial charge < -0.3 is 38.2 Å². The summed E-state index contributed by atoms with van der Waals surface area (Å²) in [7, 11) is -7.83. The van der Waals surface area contributed by atoms with Gasteiger partial charge in [-0.25, -0.2) is 0 Å². The van der Waals surface area contributed by atoms with Gasteiger partial charge >= 0.3 is 8.25 Å². The average molecular weight is 431 g/mol. The highest BCUT2D eigenvalue weighted by Gasteiger charge is 2.48. The minimum Gasteiger partial charge on any atom is -0.756 e. The van der Waals surface area contributed by atoms with Crippen LogP contribution in [-0.2, 0) is 37.0 Å². The molecule has 158 valence electrons. The normalized spacial score (nSPS) is 38.7. The molecular formula is C14H25O11P2-. The van der Waals surface area contributed by atoms with Crippen LogP contribution >= 0.6 is 16.1 Å². The second-order valence-electron chi connectivity index (χ2n) is 6.59. The van der Waals surface area contributed by atoms with Gasteiger partial charge in [-0.3, -0.25) is 4.57 Å². The Morgan fingerprint density at radius 3 is 2.44 bits per heavy atom. The van der Waals surface area contributed by atoms with Crippen LogP contribution in [0.15, 0.2) is 0 Å². The molecule has 0 amide bonds. The van der Waals surface area contributed by atoms with Crippen molar-refractivity contribution < 1.29 is 51.9 Å². The van der Waals surface area contributed by atoms with Gasteiger partial charge in [0.25, 0.3) is 7.82 Å². The largest absolute Gasteiger partial charge is 0.756 e. The molecule has 2 rings (SSSR count). The summed E-state index contributed by atoms with van der Waals surface area (Å²) in [6, 6.07) is 0. The molecular weight excluding hydrogens is 406 g/mol. The molecule has 2 unspecified atom stereocenters. The van der Waals surface area contributed by atoms with Crippen molar-refractivity contribution in [2.75, 3.05) is 13.2 Å². The van der Waals surface area contributed by atoms with Crippen molar-refractivity contribution in [2.45, 2.75) is 69.7 Å². The molecule has 0 aliphatic carbocycles. The van der Waals surface area contributed by atoms with E-state index in [-0.39, 0.29) is 31.8 Å². The lowest BCUT2D eigenvalue weighted by Crippen LogP contribution is -2.41. The molecule has 1 N–H and O–H groups in total. The zero-order chi connectivity index (χ0) is 20.8. The standard InChI is InChI=1S/C13H24O10P2.CH2O/c1-8-4-10(14)11(21-8)6-20-25(17,18)23-13(3)5-9(2)22-12(13)7-19-24(15)16;1-2/h8-12,14H,4-7H2,1-3H3,(H,17,18);1H2/p-1/t8-,9-,10+,11+,12+,13+;/m0./s1. The Balaban J connectivity index is 0.00000176. The number of ether oxygens (including phenoxy) is 2. The Morgan fingerprint density at radius 1 is 1.30 bits per heavy atom. The lowest BCUT2D eigenvalue weighted by Gasteiger charge is -2.35. The summed E-state index contributed by atoms with van der Waals surface area (Å²) in [6.07, 6.45) is -2.38. The van der Waals surface area contributed by atoms with Gasteiger partial charge in [0.1, 0.15) is 31.2 Å². The molecule has 8 atom stereocenters. The summed E-state index contributed by atoms with van der Waals surface area (Å²) < 4.78 is 48.1. The number of hydrogen-bond donors (Lipinski definition) is 1. The van der Waals surface area contributed by atoms with Gasteiger partial charge in [0, 0.05) is 12.8 Å². The zero-order valence-electron chi connectivity index (χ0n) is 15.3. The monoisotopic (exact) mass is 431 g/mol. The molecule has 0 spiro atoms. The van der Waals surface area contributed by atoms with Gasteiger partial charge in [-0.05, 0) is 25.3 Å². The molecule has 0 aromatic rings. The van der Waals surface area contributed by atoms with Gasteiger partial charge in [-0.1, -0.05) is 0 Å². The van der Waals surface area contributed by atoms with Gasteiger partial charge in [0.05, 0.1) is 24.9 Å². The third-order valence-corrected chi connectivity index (χ3v) is 5.69. The van der Waals surface area contributed by atoms with E-state index in [1.165, 1.54) is 6.92 Å². The highest BCUT2D eigenvalue weighted by atomic mass is 31.2. The number of carbonyl (C=O) groups excluding carboxylic acids is 1. The van der Waals surface area contributed by atoms with Crippen LogP contribution in [-0.4, -0.2) is 61.2 Å². The summed E-state index contributed by atoms with van der Waals surface area (Å²) >= 11 is 0. The minimum absolute atomic E-state index is 0.187. The van der Waals surface area contributed by atoms with Gasteiger partial charge in [-0.2, -0.15) is 0 Å². The molecule has 2 aliphatic rings. The smallest absolute Gasteiger partial charge is 0.488 e. The van der Waals surface area contributed by atoms with Crippen LogP contribution < -0.4 is 9.79 Å². The average Bonchev–Trinajstić information content (AvgIpc) is 3.02. The first-order chi connectivity index (χ1) is 12.5. The predicted molar refractivity (Wildman–Crippen MR) is 87.6 cm³/mol. The maximum absolute atomic E-state index is 12.2. The zero-order valence-corrected chi connectivity index (χ0v) is 17.1. The fourth-order valence-electron chi connectivity index (χ4n) is 3.15. The molecule has 2 saturated heterocycles. The van der Waals surface area contributed by atoms with Crippen molar-refractivity contribution in [3.05, 3.63) is 0 Å². The summed E-state index contributed by atoms with van der Waals surface area (Å²) in [5, 5.41) is 9.76. The topological polar surface area (TPSA) is 164 Å². The number of carbonyl (C=O) groups is 1. The van der Waals surface area contributed by atoms with Crippen molar-refractivity contribution in [3.8, 4) is 0 Å². The van der Waals surface area contributed by atoms with E-state index in [9.17, 15) is 24.0 Å². The number of rotatable bonds is 8. The first-order valence-electron chi connectivity index (χ1n) is 8.22. The first kappa shape index (κ1) is 24.7. The molecule has 13 heteroatoms. The molecule has 2 aliphatic heterocycles. The first-order valence-corrected chi connectivity index (χ1v) is 10.8. The third-order valence-electron chi connectivity index (χ3n) is 4.23. The Morgan fingerprint density at radius 2 is 1.93 bits per heavy atom. The molecule has 0 saturated carbocycles. The number of hydrogen-bond acceptors (Lipinski definition) is 11. The van der Waals surface area contributed by atoms with Crippen molar-refractivity contribution >= 4 is 22.9 Å². The van der Waals surface area contributed by atoms with Crippen LogP contribution in [0.4, 0.5) is 0 Å². The minimum atomic E-state index is -4.74. The Bertz CT molecular complexity index is 547. The van der Waals surface area contributed by atoms with Gasteiger partial charge in [0.15, 0.2) is 0 Å². The van der Waals surface area contributed by atoms with E-state index in [1.54, 1.807) is 13.8 Å². The fraction of sp³-hybridized carbons (Fsp3) is 0.929. The second-order valence-corrected chi connectivity index (χ2v) is 8.63. The molecule has 0 aromatic heterocycles. The van der Waals surface area contributed by atoms with E-state index in [4.69, 9.17) is 23.3 Å². The van der Waals surface area contributed by atoms with E-state index >= 15 is 0 Å². The van der Waals surface area contributed by atoms with Crippen LogP contribution in [0.1, 0.15) is 33.6 Å². The Hall–Kier alpha value is -0.320. The molecule has 0 radical (unpaired) electrons. The summed E-state index contributed by atoms with van der Waals surface area (Å²) in [4.78, 5) is 30.7. The number of aliphatic hydroxyl groups excluding tert-OH is 1. The quantitative estimate of drug-likeness (QED) is 0.507. The van der Waals surface area contributed by atoms with E-state index in [0.717, 1.165) is 0 Å². The third kappa shape index (κ3) is 7.55. The fourth-order valence-corrected chi connectivity index (χ4v) is 4.49. The summed E-state index contributed by atoms with van der Waals surface area (Å²) in [5.41, 5.74) is -1.33. The maximum Gasteiger partial charge on any atom is 0.488 e. The predicted octanol–water partition coefficient (Wildman–Crippen LogP) is -0.188. The lowest BCUT2D eigenvalue weighted by molar-refractivity contribution is -0.241. The summed E-state index contributed by atoms with van der Waals surface area (Å²) in [6.45, 7) is 6.23. The number of aliphatic hydroxyl groups is 1. The van der Waals surface area contributed by atoms with Crippen LogP contribution in [0.5, 0.6) is 0 Å². The Labute approximate surface area is 158 Å². The van der Waals surface area contributed by atoms with Crippen molar-refractivity contribution in [1.82, 2.24) is 0 Å². The second kappa shape index (κ2) is 10.5. The van der Waals surface area contributed by atoms with Crippen molar-refractivity contribution in [1.29, 1.82) is 0 Å². The van der Waals surface area contributed by atoms with E-state index in [1.807, 2.05) is 6.79 Å². The SMILES string of the molecule is C=O.C[C@H]1C[C@@H](O)[C@@H](COP(=O)([O-])O[C@]2(C)C[C@H](C)O[C@@H]2CO[P+](=O)[O-])O1. The van der Waals surface area contributed by atoms with Crippen molar-refractivity contribution in [3.63, 3.8) is 0 Å². The Kier molecular flexibility index (Phi) is 9.57. The van der Waals surface area contributed by atoms with E-state index < -0.39 is 40.0 Å². The van der Waals surface area contributed by atoms with Crippen molar-refractivity contribution in [2.24, 2.45) is 0 Å². The lowest BCUT2D eigenvalue weighted by atomic mass is 9.97. The molecule has 2 heterocycles. The van der Waals surface area contributed by atoms with Gasteiger partial charge in [0.2, 0.25) is 0 Å². The highest BCUT2D eigenvalue weighted by molar-refractivity contribution is 7.45. The summed E-state index contributed by atoms with van der Waals surface area (Å²) in [5.74, 6) is 0. The number of phosphoric acid groups is 1. The molecule has 11 nitrogen and oxygen atoms in total. The number of phosphoric ester groups is 1. The van der Waals surface area contributed by atoms with Crippen LogP contribution in [0, 0.1) is 0 Å². The molecule has 0 bridgehead atoms. The van der Waals surface area contributed by atoms with Crippen LogP contribution in [0.3, 0.4) is 0 Å². The molecule has 27 heavy (non-hydrogen) atoms. The maximum atomic E-state index is 12.2. The van der Waals surface area contributed by atoms with Crippen LogP contribution in [0.2, 0.25) is 0 Å². The van der Waals surface area contributed by atoms with Crippen LogP contribution in [0.25, 0.3) is 0 Å². The molecule has 0 aromatic carbocycles. The highest BCUT2D eigenvalue weighted by Crippen LogP contribution is 2.49. The molecule has 2 fully saturated rings. The van der Waals surface area contributed by atoms with E-state index in [0.29, 0.717) is 6.42 Å². The van der Waals surface area contributed by atoms with Gasteiger partial charge in [-0.15, -0.1) is 4.52 Å².